The Morgan fingerprint density at radius 3 is 1.53 bits per heavy atom. The molecule has 0 aliphatic heterocycles. The molecule has 3 heterocycles. The van der Waals surface area contributed by atoms with Crippen LogP contribution >= 0.6 is 0 Å². The Bertz CT molecular complexity index is 4330. The zero-order valence-corrected chi connectivity index (χ0v) is 37.8. The summed E-state index contributed by atoms with van der Waals surface area (Å²) in [4.78, 5) is 15.7. The van der Waals surface area contributed by atoms with Gasteiger partial charge in [-0.05, 0) is 92.5 Å². The fraction of sp³-hybridized carbons (Fsp3) is 0. The summed E-state index contributed by atoms with van der Waals surface area (Å²) in [5, 5.41) is 9.15. The second kappa shape index (κ2) is 16.1. The standard InChI is InChI=1S/C65H40N4O/c1-3-14-41(15-4-1)42-26-28-43(29-27-42)44-30-32-47(33-31-44)64-66-63(46-17-5-2-6-18-46)67-65(68-64)50-35-37-58(69-57-24-12-11-22-52(57)55-38-48-19-7-8-20-49(48)40-59(55)69)56(39-50)53-23-13-25-60-61(53)54-36-34-45-16-9-10-21-51(45)62(54)70-60/h1-40H. The van der Waals surface area contributed by atoms with Gasteiger partial charge in [-0.15, -0.1) is 0 Å². The Labute approximate surface area is 403 Å². The minimum Gasteiger partial charge on any atom is -0.455 e. The minimum atomic E-state index is 0.584. The molecule has 0 atom stereocenters. The number of nitrogens with zero attached hydrogens (tertiary/aromatic N) is 4. The quantitative estimate of drug-likeness (QED) is 0.160. The molecule has 0 radical (unpaired) electrons. The lowest BCUT2D eigenvalue weighted by atomic mass is 9.95. The highest BCUT2D eigenvalue weighted by Gasteiger charge is 2.22. The predicted octanol–water partition coefficient (Wildman–Crippen LogP) is 17.2. The molecule has 0 N–H and O–H groups in total. The van der Waals surface area contributed by atoms with Gasteiger partial charge in [0.1, 0.15) is 11.2 Å². The van der Waals surface area contributed by atoms with Crippen molar-refractivity contribution in [1.29, 1.82) is 0 Å². The molecule has 0 saturated heterocycles. The molecule has 5 nitrogen and oxygen atoms in total. The number of para-hydroxylation sites is 1. The van der Waals surface area contributed by atoms with Crippen LogP contribution in [0.2, 0.25) is 0 Å². The molecule has 5 heteroatoms. The number of rotatable bonds is 7. The van der Waals surface area contributed by atoms with E-state index < -0.39 is 0 Å². The molecule has 0 spiro atoms. The normalized spacial score (nSPS) is 11.7. The summed E-state index contributed by atoms with van der Waals surface area (Å²) >= 11 is 0. The Hall–Kier alpha value is -9.45. The van der Waals surface area contributed by atoms with Crippen LogP contribution in [0.25, 0.3) is 139 Å². The van der Waals surface area contributed by atoms with Gasteiger partial charge >= 0.3 is 0 Å². The van der Waals surface area contributed by atoms with Crippen LogP contribution in [0.1, 0.15) is 0 Å². The molecular weight excluding hydrogens is 853 g/mol. The van der Waals surface area contributed by atoms with Crippen LogP contribution in [0, 0.1) is 0 Å². The average Bonchev–Trinajstić information content (AvgIpc) is 3.98. The number of benzene rings is 11. The molecule has 0 bridgehead atoms. The average molecular weight is 893 g/mol. The van der Waals surface area contributed by atoms with E-state index in [9.17, 15) is 0 Å². The molecule has 0 amide bonds. The van der Waals surface area contributed by atoms with Crippen LogP contribution in [-0.2, 0) is 0 Å². The highest BCUT2D eigenvalue weighted by molar-refractivity contribution is 6.20. The van der Waals surface area contributed by atoms with E-state index in [1.807, 2.05) is 24.3 Å². The van der Waals surface area contributed by atoms with Gasteiger partial charge in [0.2, 0.25) is 0 Å². The second-order valence-electron chi connectivity index (χ2n) is 17.9. The third-order valence-electron chi connectivity index (χ3n) is 13.8. The van der Waals surface area contributed by atoms with Gasteiger partial charge in [-0.2, -0.15) is 0 Å². The third kappa shape index (κ3) is 6.59. The molecule has 11 aromatic carbocycles. The van der Waals surface area contributed by atoms with Crippen LogP contribution in [0.4, 0.5) is 0 Å². The van der Waals surface area contributed by atoms with Crippen LogP contribution in [0.5, 0.6) is 0 Å². The van der Waals surface area contributed by atoms with E-state index in [-0.39, 0.29) is 0 Å². The van der Waals surface area contributed by atoms with E-state index in [1.54, 1.807) is 0 Å². The van der Waals surface area contributed by atoms with E-state index in [0.717, 1.165) is 88.4 Å². The summed E-state index contributed by atoms with van der Waals surface area (Å²) in [6.45, 7) is 0. The van der Waals surface area contributed by atoms with Crippen molar-refractivity contribution in [2.75, 3.05) is 0 Å². The van der Waals surface area contributed by atoms with Crippen LogP contribution in [0.15, 0.2) is 247 Å². The van der Waals surface area contributed by atoms with Gasteiger partial charge in [-0.3, -0.25) is 0 Å². The Kier molecular flexibility index (Phi) is 9.14. The summed E-state index contributed by atoms with van der Waals surface area (Å²) in [5.74, 6) is 1.79. The van der Waals surface area contributed by atoms with Gasteiger partial charge in [0.15, 0.2) is 17.5 Å². The maximum Gasteiger partial charge on any atom is 0.164 e. The number of hydrogen-bond acceptors (Lipinski definition) is 4. The first-order valence-electron chi connectivity index (χ1n) is 23.7. The van der Waals surface area contributed by atoms with Crippen molar-refractivity contribution >= 4 is 65.3 Å². The fourth-order valence-electron chi connectivity index (χ4n) is 10.4. The van der Waals surface area contributed by atoms with Gasteiger partial charge in [0.25, 0.3) is 0 Å². The highest BCUT2D eigenvalue weighted by Crippen LogP contribution is 2.45. The van der Waals surface area contributed by atoms with Crippen molar-refractivity contribution in [2.45, 2.75) is 0 Å². The van der Waals surface area contributed by atoms with Crippen molar-refractivity contribution in [3.05, 3.63) is 243 Å². The van der Waals surface area contributed by atoms with Crippen LogP contribution in [0.3, 0.4) is 0 Å². The number of furan rings is 1. The first kappa shape index (κ1) is 39.7. The zero-order valence-electron chi connectivity index (χ0n) is 37.8. The predicted molar refractivity (Wildman–Crippen MR) is 289 cm³/mol. The molecular formula is C65H40N4O. The molecule has 0 aliphatic rings. The first-order valence-corrected chi connectivity index (χ1v) is 23.7. The molecule has 3 aromatic heterocycles. The van der Waals surface area contributed by atoms with Crippen molar-refractivity contribution in [1.82, 2.24) is 19.5 Å². The van der Waals surface area contributed by atoms with Gasteiger partial charge in [-0.25, -0.2) is 15.0 Å². The summed E-state index contributed by atoms with van der Waals surface area (Å²) in [6.07, 6.45) is 0. The second-order valence-corrected chi connectivity index (χ2v) is 17.9. The van der Waals surface area contributed by atoms with Crippen molar-refractivity contribution in [3.63, 3.8) is 0 Å². The summed E-state index contributed by atoms with van der Waals surface area (Å²) in [5.41, 5.74) is 14.4. The molecule has 70 heavy (non-hydrogen) atoms. The van der Waals surface area contributed by atoms with Gasteiger partial charge < -0.3 is 8.98 Å². The lowest BCUT2D eigenvalue weighted by Gasteiger charge is -2.17. The third-order valence-corrected chi connectivity index (χ3v) is 13.8. The van der Waals surface area contributed by atoms with Gasteiger partial charge in [-0.1, -0.05) is 194 Å². The number of hydrogen-bond donors (Lipinski definition) is 0. The van der Waals surface area contributed by atoms with E-state index in [4.69, 9.17) is 19.4 Å². The molecule has 0 saturated carbocycles. The largest absolute Gasteiger partial charge is 0.455 e. The topological polar surface area (TPSA) is 56.7 Å². The number of fused-ring (bicyclic) bond motifs is 9. The summed E-state index contributed by atoms with van der Waals surface area (Å²) in [7, 11) is 0. The number of aromatic nitrogens is 4. The Morgan fingerprint density at radius 2 is 0.829 bits per heavy atom. The fourth-order valence-corrected chi connectivity index (χ4v) is 10.4. The lowest BCUT2D eigenvalue weighted by Crippen LogP contribution is -2.02. The SMILES string of the molecule is c1ccc(-c2ccc(-c3ccc(-c4nc(-c5ccccc5)nc(-c5ccc(-n6c7ccccc7c7cc8ccccc8cc76)c(-c6cccc7oc8c9ccccc9ccc8c67)c5)n4)cc3)cc2)cc1. The monoisotopic (exact) mass is 892 g/mol. The molecule has 0 aliphatic carbocycles. The summed E-state index contributed by atoms with van der Waals surface area (Å²) < 4.78 is 9.24. The van der Waals surface area contributed by atoms with Crippen LogP contribution < -0.4 is 0 Å². The maximum absolute atomic E-state index is 6.81. The van der Waals surface area contributed by atoms with E-state index in [1.165, 1.54) is 32.7 Å². The molecule has 326 valence electrons. The molecule has 0 unspecified atom stereocenters. The lowest BCUT2D eigenvalue weighted by molar-refractivity contribution is 0.673. The smallest absolute Gasteiger partial charge is 0.164 e. The van der Waals surface area contributed by atoms with E-state index in [0.29, 0.717) is 17.5 Å². The van der Waals surface area contributed by atoms with Crippen LogP contribution in [-0.4, -0.2) is 19.5 Å². The Balaban J connectivity index is 0.978. The van der Waals surface area contributed by atoms with Crippen molar-refractivity contribution in [3.8, 4) is 73.2 Å². The summed E-state index contributed by atoms with van der Waals surface area (Å²) in [6, 6.07) is 85.9. The van der Waals surface area contributed by atoms with Gasteiger partial charge in [0.05, 0.1) is 16.7 Å². The van der Waals surface area contributed by atoms with E-state index in [2.05, 4.69) is 223 Å². The van der Waals surface area contributed by atoms with Gasteiger partial charge in [0, 0.05) is 49.2 Å². The molecule has 0 fully saturated rings. The molecule has 14 rings (SSSR count). The maximum atomic E-state index is 6.81. The van der Waals surface area contributed by atoms with E-state index >= 15 is 0 Å². The molecule has 14 aromatic rings. The highest BCUT2D eigenvalue weighted by atomic mass is 16.3. The van der Waals surface area contributed by atoms with Crippen molar-refractivity contribution < 1.29 is 4.42 Å². The first-order chi connectivity index (χ1) is 34.7. The Morgan fingerprint density at radius 1 is 0.300 bits per heavy atom. The minimum absolute atomic E-state index is 0.584. The zero-order chi connectivity index (χ0) is 46.1. The van der Waals surface area contributed by atoms with Crippen molar-refractivity contribution in [2.24, 2.45) is 0 Å².